The molecule has 10 nitrogen and oxygen atoms in total. The number of nitro benzene ring substituents is 1. The molecule has 10 heteroatoms. The normalized spacial score (nSPS) is 18.1. The van der Waals surface area contributed by atoms with Crippen molar-refractivity contribution in [3.8, 4) is 0 Å². The number of carbonyl (C=O) groups is 2. The molecule has 2 N–H and O–H groups in total. The second-order valence-electron chi connectivity index (χ2n) is 12.9. The van der Waals surface area contributed by atoms with E-state index in [-0.39, 0.29) is 49.4 Å². The van der Waals surface area contributed by atoms with Crippen LogP contribution >= 0.6 is 0 Å². The molecule has 0 saturated carbocycles. The van der Waals surface area contributed by atoms with Gasteiger partial charge in [0.2, 0.25) is 0 Å². The fraction of sp³-hybridized carbons (Fsp3) is 0.548. The molecule has 0 bridgehead atoms. The molecule has 2 aromatic carbocycles. The molecule has 0 spiro atoms. The number of anilines is 1. The van der Waals surface area contributed by atoms with Crippen molar-refractivity contribution in [1.82, 2.24) is 10.2 Å². The quantitative estimate of drug-likeness (QED) is 0.145. The first-order chi connectivity index (χ1) is 19.2. The Morgan fingerprint density at radius 3 is 2.32 bits per heavy atom. The molecule has 224 valence electrons. The van der Waals surface area contributed by atoms with Crippen LogP contribution in [0.25, 0.3) is 0 Å². The van der Waals surface area contributed by atoms with E-state index in [1.54, 1.807) is 18.2 Å². The molecule has 1 amide bonds. The average Bonchev–Trinajstić information content (AvgIpc) is 3.34. The third-order valence-electron chi connectivity index (χ3n) is 8.17. The number of nitrogens with one attached hydrogen (secondary N) is 1. The minimum atomic E-state index is -0.998. The van der Waals surface area contributed by atoms with E-state index in [0.29, 0.717) is 25.1 Å². The number of carbonyl (C=O) groups excluding carboxylic acids is 1. The minimum absolute atomic E-state index is 0.0622. The summed E-state index contributed by atoms with van der Waals surface area (Å²) in [6.45, 7) is 13.1. The van der Waals surface area contributed by atoms with E-state index < -0.39 is 22.0 Å². The first-order valence-corrected chi connectivity index (χ1v) is 14.1. The van der Waals surface area contributed by atoms with Crippen LogP contribution in [-0.4, -0.2) is 58.3 Å². The number of esters is 1. The zero-order valence-electron chi connectivity index (χ0n) is 25.1. The molecule has 2 atom stereocenters. The summed E-state index contributed by atoms with van der Waals surface area (Å²) in [6.07, 6.45) is 0.447. The Labute approximate surface area is 242 Å². The van der Waals surface area contributed by atoms with Gasteiger partial charge < -0.3 is 19.6 Å². The third-order valence-corrected chi connectivity index (χ3v) is 8.17. The second-order valence-corrected chi connectivity index (χ2v) is 12.9. The zero-order valence-corrected chi connectivity index (χ0v) is 25.1. The van der Waals surface area contributed by atoms with Crippen LogP contribution in [0.1, 0.15) is 66.4 Å². The first kappa shape index (κ1) is 31.9. The highest BCUT2D eigenvalue weighted by Crippen LogP contribution is 2.45. The van der Waals surface area contributed by atoms with Crippen LogP contribution in [0, 0.1) is 20.9 Å². The van der Waals surface area contributed by atoms with E-state index in [4.69, 9.17) is 4.74 Å². The highest BCUT2D eigenvalue weighted by molar-refractivity contribution is 5.70. The number of ether oxygens (including phenoxy) is 1. The number of nitrogens with zero attached hydrogens (tertiary/aromatic N) is 3. The lowest BCUT2D eigenvalue weighted by atomic mass is 9.71. The van der Waals surface area contributed by atoms with Gasteiger partial charge in [0.25, 0.3) is 5.69 Å². The fourth-order valence-electron chi connectivity index (χ4n) is 5.64. The molecule has 2 aromatic rings. The number of benzene rings is 2. The number of carboxylic acid groups (broad SMARTS) is 1. The lowest BCUT2D eigenvalue weighted by Gasteiger charge is -2.50. The van der Waals surface area contributed by atoms with E-state index in [1.165, 1.54) is 11.0 Å². The van der Waals surface area contributed by atoms with Crippen molar-refractivity contribution in [1.29, 1.82) is 0 Å². The second kappa shape index (κ2) is 12.9. The Bertz CT molecular complexity index is 1210. The van der Waals surface area contributed by atoms with Gasteiger partial charge in [0.1, 0.15) is 12.3 Å². The molecular weight excluding hydrogens is 524 g/mol. The lowest BCUT2D eigenvalue weighted by Crippen LogP contribution is -2.62. The van der Waals surface area contributed by atoms with Gasteiger partial charge >= 0.3 is 12.1 Å². The number of hydrogen-bond acceptors (Lipinski definition) is 7. The predicted molar refractivity (Wildman–Crippen MR) is 159 cm³/mol. The Morgan fingerprint density at radius 1 is 1.10 bits per heavy atom. The van der Waals surface area contributed by atoms with Crippen LogP contribution in [0.3, 0.4) is 0 Å². The Morgan fingerprint density at radius 2 is 1.73 bits per heavy atom. The van der Waals surface area contributed by atoms with Crippen molar-refractivity contribution in [2.75, 3.05) is 24.7 Å². The minimum Gasteiger partial charge on any atom is -0.465 e. The summed E-state index contributed by atoms with van der Waals surface area (Å²) in [7, 11) is 0. The van der Waals surface area contributed by atoms with Crippen LogP contribution in [-0.2, 0) is 16.1 Å². The highest BCUT2D eigenvalue weighted by Gasteiger charge is 2.53. The SMILES string of the molecule is CC(C)(C)C(CC(=O)OCc1ccccc1)NCN(CC1(C(C)(C)C)CCCN1C(=O)O)c1ccccc1[N+](=O)[O-]. The summed E-state index contributed by atoms with van der Waals surface area (Å²) < 4.78 is 5.55. The molecule has 0 aliphatic carbocycles. The number of hydrogen-bond donors (Lipinski definition) is 2. The molecular formula is C31H44N4O6. The van der Waals surface area contributed by atoms with E-state index >= 15 is 0 Å². The topological polar surface area (TPSA) is 125 Å². The van der Waals surface area contributed by atoms with E-state index in [1.807, 2.05) is 76.8 Å². The Balaban J connectivity index is 1.90. The summed E-state index contributed by atoms with van der Waals surface area (Å²) in [5.74, 6) is -0.350. The predicted octanol–water partition coefficient (Wildman–Crippen LogP) is 6.06. The van der Waals surface area contributed by atoms with Crippen LogP contribution in [0.5, 0.6) is 0 Å². The molecule has 3 rings (SSSR count). The van der Waals surface area contributed by atoms with Crippen molar-refractivity contribution in [3.05, 3.63) is 70.3 Å². The molecule has 1 aliphatic rings. The number of nitro groups is 1. The highest BCUT2D eigenvalue weighted by atomic mass is 16.6. The molecule has 0 radical (unpaired) electrons. The largest absolute Gasteiger partial charge is 0.465 e. The molecule has 41 heavy (non-hydrogen) atoms. The van der Waals surface area contributed by atoms with Gasteiger partial charge in [-0.3, -0.25) is 20.2 Å². The van der Waals surface area contributed by atoms with Crippen LogP contribution < -0.4 is 10.2 Å². The molecule has 2 unspecified atom stereocenters. The lowest BCUT2D eigenvalue weighted by molar-refractivity contribution is -0.384. The standard InChI is InChI=1S/C31H44N4O6/c1-29(2,3)26(19-27(36)41-20-23-13-8-7-9-14-23)32-22-33(24-15-10-11-16-25(24)35(39)40)21-31(30(4,5)6)17-12-18-34(31)28(37)38/h7-11,13-16,26,32H,12,17-22H2,1-6H3,(H,37,38). The molecule has 1 aliphatic heterocycles. The van der Waals surface area contributed by atoms with E-state index in [9.17, 15) is 24.8 Å². The van der Waals surface area contributed by atoms with Crippen LogP contribution in [0.2, 0.25) is 0 Å². The fourth-order valence-corrected chi connectivity index (χ4v) is 5.64. The first-order valence-electron chi connectivity index (χ1n) is 14.1. The monoisotopic (exact) mass is 568 g/mol. The summed E-state index contributed by atoms with van der Waals surface area (Å²) in [5, 5.41) is 25.6. The maximum Gasteiger partial charge on any atom is 0.407 e. The van der Waals surface area contributed by atoms with E-state index in [0.717, 1.165) is 5.56 Å². The van der Waals surface area contributed by atoms with Crippen molar-refractivity contribution in [2.24, 2.45) is 10.8 Å². The average molecular weight is 569 g/mol. The number of rotatable bonds is 11. The van der Waals surface area contributed by atoms with Crippen molar-refractivity contribution < 1.29 is 24.4 Å². The van der Waals surface area contributed by atoms with Gasteiger partial charge in [-0.25, -0.2) is 4.79 Å². The van der Waals surface area contributed by atoms with Crippen molar-refractivity contribution in [2.45, 2.75) is 79.0 Å². The Kier molecular flexibility index (Phi) is 10.0. The molecule has 1 fully saturated rings. The third kappa shape index (κ3) is 7.75. The number of para-hydroxylation sites is 2. The summed E-state index contributed by atoms with van der Waals surface area (Å²) >= 11 is 0. The van der Waals surface area contributed by atoms with Gasteiger partial charge in [-0.1, -0.05) is 84.0 Å². The maximum atomic E-state index is 12.9. The molecule has 0 aromatic heterocycles. The smallest absolute Gasteiger partial charge is 0.407 e. The number of likely N-dealkylation sites (tertiary alicyclic amines) is 1. The molecule has 1 saturated heterocycles. The van der Waals surface area contributed by atoms with Gasteiger partial charge in [-0.2, -0.15) is 0 Å². The van der Waals surface area contributed by atoms with Gasteiger partial charge in [0.15, 0.2) is 0 Å². The van der Waals surface area contributed by atoms with Gasteiger partial charge in [-0.15, -0.1) is 0 Å². The van der Waals surface area contributed by atoms with Crippen LogP contribution in [0.15, 0.2) is 54.6 Å². The summed E-state index contributed by atoms with van der Waals surface area (Å²) in [4.78, 5) is 40.2. The summed E-state index contributed by atoms with van der Waals surface area (Å²) in [6, 6.07) is 15.7. The summed E-state index contributed by atoms with van der Waals surface area (Å²) in [5.41, 5.74) is -0.346. The van der Waals surface area contributed by atoms with Crippen molar-refractivity contribution in [3.63, 3.8) is 0 Å². The Hall–Kier alpha value is -3.66. The van der Waals surface area contributed by atoms with Crippen molar-refractivity contribution >= 4 is 23.4 Å². The van der Waals surface area contributed by atoms with Gasteiger partial charge in [0, 0.05) is 25.2 Å². The zero-order chi connectivity index (χ0) is 30.4. The number of amides is 1. The van der Waals surface area contributed by atoms with E-state index in [2.05, 4.69) is 5.32 Å². The maximum absolute atomic E-state index is 12.9. The molecule has 1 heterocycles. The van der Waals surface area contributed by atoms with Crippen LogP contribution in [0.4, 0.5) is 16.2 Å². The van der Waals surface area contributed by atoms with Gasteiger partial charge in [0.05, 0.1) is 23.6 Å². The van der Waals surface area contributed by atoms with Gasteiger partial charge in [-0.05, 0) is 35.3 Å².